The van der Waals surface area contributed by atoms with Gasteiger partial charge in [0.05, 0.1) is 12.5 Å². The lowest BCUT2D eigenvalue weighted by molar-refractivity contribution is -0.132. The van der Waals surface area contributed by atoms with Crippen molar-refractivity contribution in [3.8, 4) is 0 Å². The Kier molecular flexibility index (Phi) is 6.34. The number of likely N-dealkylation sites (tertiary alicyclic amines) is 1. The van der Waals surface area contributed by atoms with E-state index in [2.05, 4.69) is 43.4 Å². The molecule has 1 aliphatic rings. The standard InChI is InChI=1S/C23H29N3O2/c1-3-21-19(17-11-9-16(2)10-12-17)13-14-26(21)22(27)15-20(25-23(24)28)18-7-5-4-6-8-18/h4-12,19-21H,3,13-15H2,1-2H3,(H3,24,25,28). The van der Waals surface area contributed by atoms with E-state index in [-0.39, 0.29) is 18.4 Å². The fourth-order valence-corrected chi connectivity index (χ4v) is 4.27. The largest absolute Gasteiger partial charge is 0.352 e. The van der Waals surface area contributed by atoms with Gasteiger partial charge in [0.25, 0.3) is 0 Å². The Morgan fingerprint density at radius 2 is 1.82 bits per heavy atom. The zero-order valence-electron chi connectivity index (χ0n) is 16.6. The van der Waals surface area contributed by atoms with E-state index in [1.54, 1.807) is 0 Å². The SMILES string of the molecule is CCC1C(c2ccc(C)cc2)CCN1C(=O)CC(NC(N)=O)c1ccccc1. The highest BCUT2D eigenvalue weighted by molar-refractivity contribution is 5.79. The van der Waals surface area contributed by atoms with Crippen LogP contribution in [0.1, 0.15) is 54.8 Å². The normalized spacial score (nSPS) is 20.0. The first-order valence-corrected chi connectivity index (χ1v) is 9.96. The molecule has 0 spiro atoms. The monoisotopic (exact) mass is 379 g/mol. The van der Waals surface area contributed by atoms with E-state index >= 15 is 0 Å². The molecule has 1 fully saturated rings. The van der Waals surface area contributed by atoms with E-state index in [9.17, 15) is 9.59 Å². The highest BCUT2D eigenvalue weighted by Gasteiger charge is 2.37. The zero-order chi connectivity index (χ0) is 20.1. The molecule has 2 aromatic carbocycles. The number of carbonyl (C=O) groups is 2. The molecule has 5 heteroatoms. The Labute approximate surface area is 166 Å². The van der Waals surface area contributed by atoms with Crippen LogP contribution in [0.25, 0.3) is 0 Å². The highest BCUT2D eigenvalue weighted by Crippen LogP contribution is 2.36. The minimum absolute atomic E-state index is 0.0593. The predicted molar refractivity (Wildman–Crippen MR) is 111 cm³/mol. The lowest BCUT2D eigenvalue weighted by Crippen LogP contribution is -2.41. The number of primary amides is 1. The summed E-state index contributed by atoms with van der Waals surface area (Å²) >= 11 is 0. The molecule has 3 unspecified atom stereocenters. The van der Waals surface area contributed by atoms with Crippen LogP contribution in [-0.2, 0) is 4.79 Å². The van der Waals surface area contributed by atoms with Gasteiger partial charge < -0.3 is 16.0 Å². The Hall–Kier alpha value is -2.82. The van der Waals surface area contributed by atoms with E-state index in [0.717, 1.165) is 24.9 Å². The van der Waals surface area contributed by atoms with Crippen LogP contribution < -0.4 is 11.1 Å². The van der Waals surface area contributed by atoms with Crippen molar-refractivity contribution in [1.82, 2.24) is 10.2 Å². The Morgan fingerprint density at radius 3 is 2.43 bits per heavy atom. The fraction of sp³-hybridized carbons (Fsp3) is 0.391. The minimum Gasteiger partial charge on any atom is -0.352 e. The van der Waals surface area contributed by atoms with Crippen LogP contribution in [0, 0.1) is 6.92 Å². The van der Waals surface area contributed by atoms with Crippen LogP contribution in [0.3, 0.4) is 0 Å². The predicted octanol–water partition coefficient (Wildman–Crippen LogP) is 3.89. The van der Waals surface area contributed by atoms with Gasteiger partial charge in [-0.2, -0.15) is 0 Å². The van der Waals surface area contributed by atoms with E-state index < -0.39 is 12.1 Å². The summed E-state index contributed by atoms with van der Waals surface area (Å²) in [5.74, 6) is 0.415. The number of nitrogens with one attached hydrogen (secondary N) is 1. The summed E-state index contributed by atoms with van der Waals surface area (Å²) in [5.41, 5.74) is 8.77. The van der Waals surface area contributed by atoms with E-state index in [4.69, 9.17) is 5.73 Å². The first kappa shape index (κ1) is 19.9. The van der Waals surface area contributed by atoms with Crippen molar-refractivity contribution >= 4 is 11.9 Å². The first-order valence-electron chi connectivity index (χ1n) is 9.96. The molecule has 1 heterocycles. The number of rotatable bonds is 6. The summed E-state index contributed by atoms with van der Waals surface area (Å²) in [4.78, 5) is 26.6. The second-order valence-corrected chi connectivity index (χ2v) is 7.54. The van der Waals surface area contributed by atoms with Crippen LogP contribution in [-0.4, -0.2) is 29.4 Å². The number of hydrogen-bond donors (Lipinski definition) is 2. The van der Waals surface area contributed by atoms with Crippen LogP contribution >= 0.6 is 0 Å². The number of hydrogen-bond acceptors (Lipinski definition) is 2. The van der Waals surface area contributed by atoms with Crippen molar-refractivity contribution in [3.63, 3.8) is 0 Å². The van der Waals surface area contributed by atoms with Crippen molar-refractivity contribution < 1.29 is 9.59 Å². The molecular weight excluding hydrogens is 350 g/mol. The molecular formula is C23H29N3O2. The number of benzene rings is 2. The van der Waals surface area contributed by atoms with E-state index in [1.807, 2.05) is 35.2 Å². The van der Waals surface area contributed by atoms with Gasteiger partial charge in [0.2, 0.25) is 5.91 Å². The second kappa shape index (κ2) is 8.91. The second-order valence-electron chi connectivity index (χ2n) is 7.54. The van der Waals surface area contributed by atoms with E-state index in [1.165, 1.54) is 11.1 Å². The van der Waals surface area contributed by atoms with Crippen LogP contribution in [0.4, 0.5) is 4.79 Å². The summed E-state index contributed by atoms with van der Waals surface area (Å²) < 4.78 is 0. The third-order valence-electron chi connectivity index (χ3n) is 5.69. The molecule has 0 aliphatic carbocycles. The average molecular weight is 380 g/mol. The lowest BCUT2D eigenvalue weighted by Gasteiger charge is -2.29. The van der Waals surface area contributed by atoms with Gasteiger partial charge in [-0.3, -0.25) is 4.79 Å². The van der Waals surface area contributed by atoms with Crippen molar-refractivity contribution in [2.45, 2.75) is 51.1 Å². The molecule has 0 saturated carbocycles. The van der Waals surface area contributed by atoms with Gasteiger partial charge in [0.1, 0.15) is 0 Å². The smallest absolute Gasteiger partial charge is 0.312 e. The number of amides is 3. The topological polar surface area (TPSA) is 75.4 Å². The van der Waals surface area contributed by atoms with Crippen molar-refractivity contribution in [1.29, 1.82) is 0 Å². The Morgan fingerprint density at radius 1 is 1.14 bits per heavy atom. The van der Waals surface area contributed by atoms with Crippen LogP contribution in [0.5, 0.6) is 0 Å². The quantitative estimate of drug-likeness (QED) is 0.799. The van der Waals surface area contributed by atoms with Gasteiger partial charge in [0, 0.05) is 18.5 Å². The molecule has 1 saturated heterocycles. The average Bonchev–Trinajstić information content (AvgIpc) is 3.12. The third kappa shape index (κ3) is 4.53. The summed E-state index contributed by atoms with van der Waals surface area (Å²) in [5, 5.41) is 2.72. The van der Waals surface area contributed by atoms with Crippen molar-refractivity contribution in [2.75, 3.05) is 6.54 Å². The van der Waals surface area contributed by atoms with E-state index in [0.29, 0.717) is 5.92 Å². The third-order valence-corrected chi connectivity index (χ3v) is 5.69. The maximum Gasteiger partial charge on any atom is 0.312 e. The fourth-order valence-electron chi connectivity index (χ4n) is 4.27. The molecule has 0 bridgehead atoms. The zero-order valence-corrected chi connectivity index (χ0v) is 16.6. The van der Waals surface area contributed by atoms with Gasteiger partial charge in [-0.05, 0) is 30.9 Å². The number of nitrogens with two attached hydrogens (primary N) is 1. The summed E-state index contributed by atoms with van der Waals surface area (Å²) in [7, 11) is 0. The van der Waals surface area contributed by atoms with Gasteiger partial charge in [-0.1, -0.05) is 67.1 Å². The number of carbonyl (C=O) groups excluding carboxylic acids is 2. The number of nitrogens with zero attached hydrogens (tertiary/aromatic N) is 1. The molecule has 3 amide bonds. The van der Waals surface area contributed by atoms with Crippen molar-refractivity contribution in [3.05, 3.63) is 71.3 Å². The van der Waals surface area contributed by atoms with Crippen LogP contribution in [0.15, 0.2) is 54.6 Å². The molecule has 2 aromatic rings. The molecule has 3 atom stereocenters. The maximum atomic E-state index is 13.1. The van der Waals surface area contributed by atoms with Gasteiger partial charge in [0.15, 0.2) is 0 Å². The summed E-state index contributed by atoms with van der Waals surface area (Å²) in [6.45, 7) is 4.96. The number of urea groups is 1. The van der Waals surface area contributed by atoms with Gasteiger partial charge in [-0.15, -0.1) is 0 Å². The molecule has 3 rings (SSSR count). The molecule has 0 radical (unpaired) electrons. The molecule has 148 valence electrons. The van der Waals surface area contributed by atoms with Gasteiger partial charge in [-0.25, -0.2) is 4.79 Å². The lowest BCUT2D eigenvalue weighted by atomic mass is 9.89. The Balaban J connectivity index is 1.75. The maximum absolute atomic E-state index is 13.1. The Bertz CT molecular complexity index is 804. The van der Waals surface area contributed by atoms with Crippen molar-refractivity contribution in [2.24, 2.45) is 5.73 Å². The summed E-state index contributed by atoms with van der Waals surface area (Å²) in [6, 6.07) is 17.3. The molecule has 28 heavy (non-hydrogen) atoms. The van der Waals surface area contributed by atoms with Crippen LogP contribution in [0.2, 0.25) is 0 Å². The number of aryl methyl sites for hydroxylation is 1. The molecule has 0 aromatic heterocycles. The highest BCUT2D eigenvalue weighted by atomic mass is 16.2. The minimum atomic E-state index is -0.618. The first-order chi connectivity index (χ1) is 13.5. The molecule has 3 N–H and O–H groups in total. The van der Waals surface area contributed by atoms with Gasteiger partial charge >= 0.3 is 6.03 Å². The summed E-state index contributed by atoms with van der Waals surface area (Å²) in [6.07, 6.45) is 2.08. The molecule has 5 nitrogen and oxygen atoms in total. The molecule has 1 aliphatic heterocycles.